The van der Waals surface area contributed by atoms with E-state index in [1.54, 1.807) is 25.4 Å². The Morgan fingerprint density at radius 1 is 1.09 bits per heavy atom. The van der Waals surface area contributed by atoms with Gasteiger partial charge in [0.2, 0.25) is 0 Å². The molecule has 0 spiro atoms. The van der Waals surface area contributed by atoms with Gasteiger partial charge >= 0.3 is 6.36 Å². The van der Waals surface area contributed by atoms with Gasteiger partial charge in [-0.15, -0.1) is 37.1 Å². The van der Waals surface area contributed by atoms with Gasteiger partial charge in [-0.2, -0.15) is 0 Å². The van der Waals surface area contributed by atoms with E-state index in [0.717, 1.165) is 37.6 Å². The lowest BCUT2D eigenvalue weighted by Gasteiger charge is -2.33. The molecule has 0 aliphatic carbocycles. The quantitative estimate of drug-likeness (QED) is 0.320. The van der Waals surface area contributed by atoms with E-state index in [-0.39, 0.29) is 36.3 Å². The molecule has 7 nitrogen and oxygen atoms in total. The lowest BCUT2D eigenvalue weighted by molar-refractivity contribution is -0.274. The van der Waals surface area contributed by atoms with Crippen molar-refractivity contribution in [1.29, 1.82) is 0 Å². The number of aromatic nitrogens is 1. The summed E-state index contributed by atoms with van der Waals surface area (Å²) in [5.74, 6) is 1.18. The summed E-state index contributed by atoms with van der Waals surface area (Å²) < 4.78 is 41.9. The van der Waals surface area contributed by atoms with Gasteiger partial charge in [0.1, 0.15) is 11.6 Å². The molecule has 1 aromatic carbocycles. The van der Waals surface area contributed by atoms with Crippen molar-refractivity contribution in [3.8, 4) is 5.75 Å². The van der Waals surface area contributed by atoms with Gasteiger partial charge in [0.15, 0.2) is 5.96 Å². The van der Waals surface area contributed by atoms with E-state index in [9.17, 15) is 13.2 Å². The highest BCUT2D eigenvalue weighted by molar-refractivity contribution is 14.0. The number of ether oxygens (including phenoxy) is 1. The Labute approximate surface area is 203 Å². The van der Waals surface area contributed by atoms with Crippen LogP contribution in [0.1, 0.15) is 11.1 Å². The minimum atomic E-state index is -4.74. The van der Waals surface area contributed by atoms with Crippen LogP contribution in [0.3, 0.4) is 0 Å². The molecule has 0 amide bonds. The van der Waals surface area contributed by atoms with Gasteiger partial charge in [-0.1, -0.05) is 18.2 Å². The number of likely N-dealkylation sites (N-methyl/N-ethyl adjacent to an activating group) is 1. The van der Waals surface area contributed by atoms with E-state index >= 15 is 0 Å². The van der Waals surface area contributed by atoms with Crippen LogP contribution in [0.2, 0.25) is 0 Å². The average molecular weight is 564 g/mol. The minimum absolute atomic E-state index is 0. The molecule has 176 valence electrons. The monoisotopic (exact) mass is 564 g/mol. The van der Waals surface area contributed by atoms with E-state index < -0.39 is 6.36 Å². The molecular formula is C21H28F3IN6O. The summed E-state index contributed by atoms with van der Waals surface area (Å²) in [6.07, 6.45) is -2.95. The number of hydrogen-bond donors (Lipinski definition) is 2. The maximum absolute atomic E-state index is 12.6. The number of anilines is 1. The number of benzene rings is 1. The lowest BCUT2D eigenvalue weighted by atomic mass is 10.2. The zero-order valence-corrected chi connectivity index (χ0v) is 20.4. The van der Waals surface area contributed by atoms with E-state index in [1.807, 2.05) is 12.1 Å². The summed E-state index contributed by atoms with van der Waals surface area (Å²) in [7, 11) is 3.72. The second kappa shape index (κ2) is 12.1. The third kappa shape index (κ3) is 8.01. The molecule has 0 bridgehead atoms. The second-order valence-electron chi connectivity index (χ2n) is 7.25. The summed E-state index contributed by atoms with van der Waals surface area (Å²) in [6, 6.07) is 9.99. The number of guanidine groups is 1. The van der Waals surface area contributed by atoms with Crippen molar-refractivity contribution < 1.29 is 17.9 Å². The number of alkyl halides is 3. The van der Waals surface area contributed by atoms with Crippen molar-refractivity contribution in [3.63, 3.8) is 0 Å². The van der Waals surface area contributed by atoms with Crippen molar-refractivity contribution in [1.82, 2.24) is 20.5 Å². The molecule has 1 fully saturated rings. The number of para-hydroxylation sites is 1. The van der Waals surface area contributed by atoms with Crippen LogP contribution in [0.5, 0.6) is 5.75 Å². The normalized spacial score (nSPS) is 15.2. The smallest absolute Gasteiger partial charge is 0.405 e. The predicted molar refractivity (Wildman–Crippen MR) is 130 cm³/mol. The van der Waals surface area contributed by atoms with Gasteiger partial charge in [0.25, 0.3) is 0 Å². The molecule has 0 saturated carbocycles. The number of pyridine rings is 1. The van der Waals surface area contributed by atoms with E-state index in [2.05, 4.69) is 42.2 Å². The molecule has 11 heteroatoms. The van der Waals surface area contributed by atoms with Crippen molar-refractivity contribution in [2.45, 2.75) is 19.5 Å². The molecule has 1 aliphatic heterocycles. The Morgan fingerprint density at radius 2 is 1.78 bits per heavy atom. The van der Waals surface area contributed by atoms with Gasteiger partial charge in [0.05, 0.1) is 0 Å². The summed E-state index contributed by atoms with van der Waals surface area (Å²) in [5, 5.41) is 6.21. The summed E-state index contributed by atoms with van der Waals surface area (Å²) in [5.41, 5.74) is 1.41. The van der Waals surface area contributed by atoms with E-state index in [4.69, 9.17) is 0 Å². The van der Waals surface area contributed by atoms with Crippen LogP contribution >= 0.6 is 24.0 Å². The first-order valence-electron chi connectivity index (χ1n) is 10.0. The van der Waals surface area contributed by atoms with Crippen molar-refractivity contribution in [3.05, 3.63) is 53.7 Å². The predicted octanol–water partition coefficient (Wildman–Crippen LogP) is 3.22. The number of nitrogens with one attached hydrogen (secondary N) is 2. The van der Waals surface area contributed by atoms with Crippen LogP contribution in [0.25, 0.3) is 0 Å². The third-order valence-electron chi connectivity index (χ3n) is 4.97. The fourth-order valence-electron chi connectivity index (χ4n) is 3.24. The van der Waals surface area contributed by atoms with Crippen molar-refractivity contribution >= 4 is 35.8 Å². The Balaban J connectivity index is 0.00000363. The van der Waals surface area contributed by atoms with Crippen LogP contribution in [0, 0.1) is 0 Å². The van der Waals surface area contributed by atoms with Crippen molar-refractivity contribution in [2.75, 3.05) is 45.2 Å². The molecule has 2 heterocycles. The number of rotatable bonds is 6. The molecule has 0 unspecified atom stereocenters. The Kier molecular flexibility index (Phi) is 9.82. The maximum atomic E-state index is 12.6. The molecule has 3 rings (SSSR count). The topological polar surface area (TPSA) is 65.0 Å². The minimum Gasteiger partial charge on any atom is -0.405 e. The number of nitrogens with zero attached hydrogens (tertiary/aromatic N) is 4. The first-order valence-corrected chi connectivity index (χ1v) is 10.0. The third-order valence-corrected chi connectivity index (χ3v) is 4.97. The molecule has 1 saturated heterocycles. The molecule has 32 heavy (non-hydrogen) atoms. The van der Waals surface area contributed by atoms with Gasteiger partial charge in [-0.3, -0.25) is 4.99 Å². The SMILES string of the molecule is CN=C(NCc1ccnc(N2CCN(C)CC2)c1)NCc1ccccc1OC(F)(F)F.I. The Hall–Kier alpha value is -2.28. The molecule has 1 aliphatic rings. The highest BCUT2D eigenvalue weighted by atomic mass is 127. The molecular weight excluding hydrogens is 536 g/mol. The molecule has 0 radical (unpaired) electrons. The van der Waals surface area contributed by atoms with Crippen LogP contribution < -0.4 is 20.3 Å². The van der Waals surface area contributed by atoms with Crippen LogP contribution in [0.15, 0.2) is 47.6 Å². The highest BCUT2D eigenvalue weighted by Crippen LogP contribution is 2.26. The average Bonchev–Trinajstić information content (AvgIpc) is 2.74. The maximum Gasteiger partial charge on any atom is 0.573 e. The van der Waals surface area contributed by atoms with Gasteiger partial charge in [-0.05, 0) is 30.8 Å². The zero-order valence-electron chi connectivity index (χ0n) is 18.0. The van der Waals surface area contributed by atoms with Gasteiger partial charge in [-0.25, -0.2) is 4.98 Å². The zero-order chi connectivity index (χ0) is 22.3. The van der Waals surface area contributed by atoms with Crippen LogP contribution in [0.4, 0.5) is 19.0 Å². The summed E-state index contributed by atoms with van der Waals surface area (Å²) in [4.78, 5) is 13.2. The second-order valence-corrected chi connectivity index (χ2v) is 7.25. The first kappa shape index (κ1) is 26.0. The fraction of sp³-hybridized carbons (Fsp3) is 0.429. The number of piperazine rings is 1. The van der Waals surface area contributed by atoms with Crippen LogP contribution in [-0.4, -0.2) is 62.5 Å². The number of hydrogen-bond acceptors (Lipinski definition) is 5. The Morgan fingerprint density at radius 3 is 2.47 bits per heavy atom. The first-order chi connectivity index (χ1) is 14.8. The molecule has 1 aromatic heterocycles. The van der Waals surface area contributed by atoms with Gasteiger partial charge < -0.3 is 25.2 Å². The van der Waals surface area contributed by atoms with Crippen LogP contribution in [-0.2, 0) is 13.1 Å². The molecule has 0 atom stereocenters. The highest BCUT2D eigenvalue weighted by Gasteiger charge is 2.31. The van der Waals surface area contributed by atoms with Crippen molar-refractivity contribution in [2.24, 2.45) is 4.99 Å². The number of halogens is 4. The molecule has 2 N–H and O–H groups in total. The Bertz CT molecular complexity index is 888. The molecule has 2 aromatic rings. The summed E-state index contributed by atoms with van der Waals surface area (Å²) in [6.45, 7) is 4.50. The number of aliphatic imine (C=N–C) groups is 1. The van der Waals surface area contributed by atoms with Gasteiger partial charge in [0, 0.05) is 58.1 Å². The van der Waals surface area contributed by atoms with E-state index in [0.29, 0.717) is 18.1 Å². The van der Waals surface area contributed by atoms with E-state index in [1.165, 1.54) is 12.1 Å². The standard InChI is InChI=1S/C21H27F3N6O.HI/c1-25-20(28-15-17-5-3-4-6-18(17)31-21(22,23)24)27-14-16-7-8-26-19(13-16)30-11-9-29(2)10-12-30;/h3-8,13H,9-12,14-15H2,1-2H3,(H2,25,27,28);1H. The largest absolute Gasteiger partial charge is 0.573 e. The lowest BCUT2D eigenvalue weighted by Crippen LogP contribution is -2.44. The summed E-state index contributed by atoms with van der Waals surface area (Å²) >= 11 is 0. The fourth-order valence-corrected chi connectivity index (χ4v) is 3.24.